The highest BCUT2D eigenvalue weighted by Crippen LogP contribution is 2.28. The molecule has 5 rings (SSSR count). The molecule has 1 amide bonds. The predicted molar refractivity (Wildman–Crippen MR) is 144 cm³/mol. The minimum absolute atomic E-state index is 0.0423. The summed E-state index contributed by atoms with van der Waals surface area (Å²) in [7, 11) is 0. The molecule has 178 valence electrons. The summed E-state index contributed by atoms with van der Waals surface area (Å²) < 4.78 is 1.84. The maximum atomic E-state index is 13.7. The van der Waals surface area contributed by atoms with E-state index in [1.54, 1.807) is 11.3 Å². The minimum atomic E-state index is 0.0423. The maximum absolute atomic E-state index is 13.7. The van der Waals surface area contributed by atoms with E-state index in [2.05, 4.69) is 79.4 Å². The molecule has 1 fully saturated rings. The van der Waals surface area contributed by atoms with Crippen molar-refractivity contribution in [2.24, 2.45) is 0 Å². The quantitative estimate of drug-likeness (QED) is 0.355. The monoisotopic (exact) mass is 482 g/mol. The normalized spacial score (nSPS) is 14.6. The van der Waals surface area contributed by atoms with Crippen molar-refractivity contribution in [3.8, 4) is 16.3 Å². The zero-order valence-corrected chi connectivity index (χ0v) is 21.0. The van der Waals surface area contributed by atoms with Gasteiger partial charge in [-0.05, 0) is 54.1 Å². The van der Waals surface area contributed by atoms with Crippen LogP contribution in [0.4, 0.5) is 0 Å². The van der Waals surface area contributed by atoms with E-state index in [1.165, 1.54) is 5.56 Å². The van der Waals surface area contributed by atoms with Crippen molar-refractivity contribution < 1.29 is 4.79 Å². The fourth-order valence-electron chi connectivity index (χ4n) is 4.41. The average Bonchev–Trinajstić information content (AvgIpc) is 3.57. The number of thiophene rings is 1. The minimum Gasteiger partial charge on any atom is -0.335 e. The number of benzene rings is 2. The maximum Gasteiger partial charge on any atom is 0.272 e. The van der Waals surface area contributed by atoms with Crippen molar-refractivity contribution in [2.45, 2.75) is 13.8 Å². The molecule has 0 bridgehead atoms. The Balaban J connectivity index is 1.33. The smallest absolute Gasteiger partial charge is 0.272 e. The molecule has 1 saturated heterocycles. The summed E-state index contributed by atoms with van der Waals surface area (Å²) in [6, 6.07) is 22.7. The number of rotatable bonds is 6. The number of piperazine rings is 1. The van der Waals surface area contributed by atoms with Crippen molar-refractivity contribution in [1.29, 1.82) is 0 Å². The van der Waals surface area contributed by atoms with Crippen molar-refractivity contribution in [3.05, 3.63) is 101 Å². The molecule has 2 aromatic carbocycles. The van der Waals surface area contributed by atoms with E-state index in [1.807, 2.05) is 33.2 Å². The van der Waals surface area contributed by atoms with Crippen LogP contribution in [0.3, 0.4) is 0 Å². The van der Waals surface area contributed by atoms with Crippen LogP contribution in [0.25, 0.3) is 22.3 Å². The Morgan fingerprint density at radius 3 is 2.51 bits per heavy atom. The van der Waals surface area contributed by atoms with Gasteiger partial charge in [-0.15, -0.1) is 11.3 Å². The van der Waals surface area contributed by atoms with E-state index < -0.39 is 0 Å². The Bertz CT molecular complexity index is 1320. The lowest BCUT2D eigenvalue weighted by molar-refractivity contribution is 0.0641. The van der Waals surface area contributed by atoms with Gasteiger partial charge in [-0.2, -0.15) is 5.10 Å². The highest BCUT2D eigenvalue weighted by molar-refractivity contribution is 7.13. The van der Waals surface area contributed by atoms with E-state index >= 15 is 0 Å². The summed E-state index contributed by atoms with van der Waals surface area (Å²) in [5.41, 5.74) is 5.88. The number of carbonyl (C=O) groups is 1. The molecular weight excluding hydrogens is 452 g/mol. The van der Waals surface area contributed by atoms with Gasteiger partial charge in [0.15, 0.2) is 0 Å². The van der Waals surface area contributed by atoms with Crippen LogP contribution in [0.5, 0.6) is 0 Å². The van der Waals surface area contributed by atoms with Crippen LogP contribution in [0.2, 0.25) is 0 Å². The Hall–Kier alpha value is -3.48. The van der Waals surface area contributed by atoms with Crippen LogP contribution in [0, 0.1) is 13.8 Å². The zero-order chi connectivity index (χ0) is 24.2. The Morgan fingerprint density at radius 2 is 1.77 bits per heavy atom. The van der Waals surface area contributed by atoms with Gasteiger partial charge in [0.05, 0.1) is 10.6 Å². The summed E-state index contributed by atoms with van der Waals surface area (Å²) in [5, 5.41) is 6.93. The summed E-state index contributed by atoms with van der Waals surface area (Å²) in [5.74, 6) is 0.0423. The highest BCUT2D eigenvalue weighted by atomic mass is 32.1. The Morgan fingerprint density at radius 1 is 0.971 bits per heavy atom. The number of aromatic nitrogens is 2. The summed E-state index contributed by atoms with van der Waals surface area (Å²) >= 11 is 1.64. The van der Waals surface area contributed by atoms with Crippen molar-refractivity contribution in [3.63, 3.8) is 0 Å². The number of aryl methyl sites for hydroxylation is 2. The molecule has 6 heteroatoms. The van der Waals surface area contributed by atoms with Crippen molar-refractivity contribution >= 4 is 23.3 Å². The molecule has 1 aliphatic rings. The summed E-state index contributed by atoms with van der Waals surface area (Å²) in [6.07, 6.45) is 4.36. The van der Waals surface area contributed by atoms with E-state index in [0.29, 0.717) is 18.8 Å². The van der Waals surface area contributed by atoms with Crippen LogP contribution < -0.4 is 0 Å². The van der Waals surface area contributed by atoms with Gasteiger partial charge in [0.2, 0.25) is 0 Å². The van der Waals surface area contributed by atoms with Crippen molar-refractivity contribution in [1.82, 2.24) is 19.6 Å². The average molecular weight is 483 g/mol. The first-order valence-electron chi connectivity index (χ1n) is 12.0. The molecule has 0 radical (unpaired) electrons. The molecule has 3 heterocycles. The lowest BCUT2D eigenvalue weighted by atomic mass is 10.1. The van der Waals surface area contributed by atoms with Crippen molar-refractivity contribution in [2.75, 3.05) is 32.7 Å². The third kappa shape index (κ3) is 5.29. The second-order valence-corrected chi connectivity index (χ2v) is 9.95. The fourth-order valence-corrected chi connectivity index (χ4v) is 5.09. The summed E-state index contributed by atoms with van der Waals surface area (Å²) in [4.78, 5) is 19.1. The first-order valence-corrected chi connectivity index (χ1v) is 12.9. The van der Waals surface area contributed by atoms with Gasteiger partial charge < -0.3 is 4.90 Å². The van der Waals surface area contributed by atoms with Gasteiger partial charge in [0.25, 0.3) is 5.91 Å². The molecule has 0 atom stereocenters. The summed E-state index contributed by atoms with van der Waals surface area (Å²) in [6.45, 7) is 8.17. The largest absolute Gasteiger partial charge is 0.335 e. The Kier molecular flexibility index (Phi) is 6.93. The van der Waals surface area contributed by atoms with Gasteiger partial charge in [0, 0.05) is 32.7 Å². The molecule has 1 aliphatic heterocycles. The van der Waals surface area contributed by atoms with E-state index in [-0.39, 0.29) is 5.91 Å². The van der Waals surface area contributed by atoms with Crippen LogP contribution in [0.15, 0.2) is 78.2 Å². The van der Waals surface area contributed by atoms with Gasteiger partial charge in [-0.1, -0.05) is 60.7 Å². The molecule has 4 aromatic rings. The van der Waals surface area contributed by atoms with Gasteiger partial charge in [-0.3, -0.25) is 9.69 Å². The molecule has 0 N–H and O–H groups in total. The molecule has 0 saturated carbocycles. The molecule has 0 spiro atoms. The van der Waals surface area contributed by atoms with Gasteiger partial charge >= 0.3 is 0 Å². The topological polar surface area (TPSA) is 41.4 Å². The number of hydrogen-bond donors (Lipinski definition) is 0. The molecule has 0 aliphatic carbocycles. The highest BCUT2D eigenvalue weighted by Gasteiger charge is 2.26. The SMILES string of the molecule is Cc1ccc(C)c(-n2nc(-c3cccs3)cc2C(=O)N2CCN(C/C=C/c3ccccc3)CC2)c1. The molecule has 2 aromatic heterocycles. The van der Waals surface area contributed by atoms with Gasteiger partial charge in [0.1, 0.15) is 11.4 Å². The lowest BCUT2D eigenvalue weighted by Crippen LogP contribution is -2.49. The second kappa shape index (κ2) is 10.4. The molecule has 0 unspecified atom stereocenters. The number of nitrogens with zero attached hydrogens (tertiary/aromatic N) is 4. The molecule has 5 nitrogen and oxygen atoms in total. The number of hydrogen-bond acceptors (Lipinski definition) is 4. The fraction of sp³-hybridized carbons (Fsp3) is 0.241. The zero-order valence-electron chi connectivity index (χ0n) is 20.2. The predicted octanol–water partition coefficient (Wildman–Crippen LogP) is 5.69. The Labute approximate surface area is 210 Å². The third-order valence-corrected chi connectivity index (χ3v) is 7.32. The van der Waals surface area contributed by atoms with E-state index in [0.717, 1.165) is 47.0 Å². The first kappa shape index (κ1) is 23.3. The van der Waals surface area contributed by atoms with Crippen LogP contribution in [0.1, 0.15) is 27.2 Å². The number of amides is 1. The van der Waals surface area contributed by atoms with E-state index in [9.17, 15) is 4.79 Å². The van der Waals surface area contributed by atoms with Crippen LogP contribution in [-0.4, -0.2) is 58.2 Å². The lowest BCUT2D eigenvalue weighted by Gasteiger charge is -2.34. The number of carbonyl (C=O) groups excluding carboxylic acids is 1. The standard InChI is InChI=1S/C29H30N4OS/c1-22-12-13-23(2)26(20-22)33-27(21-25(30-33)28-11-7-19-35-28)29(34)32-17-15-31(16-18-32)14-6-10-24-8-4-3-5-9-24/h3-13,19-21H,14-18H2,1-2H3/b10-6+. The first-order chi connectivity index (χ1) is 17.1. The van der Waals surface area contributed by atoms with Gasteiger partial charge in [-0.25, -0.2) is 4.68 Å². The third-order valence-electron chi connectivity index (χ3n) is 6.43. The van der Waals surface area contributed by atoms with Crippen LogP contribution in [-0.2, 0) is 0 Å². The molecular formula is C29H30N4OS. The van der Waals surface area contributed by atoms with Crippen LogP contribution >= 0.6 is 11.3 Å². The molecule has 35 heavy (non-hydrogen) atoms. The van der Waals surface area contributed by atoms with E-state index in [4.69, 9.17) is 5.10 Å². The second-order valence-electron chi connectivity index (χ2n) is 9.00.